The maximum atomic E-state index is 13.5. The van der Waals surface area contributed by atoms with Gasteiger partial charge in [-0.15, -0.1) is 0 Å². The molecule has 2 saturated carbocycles. The molecule has 1 aliphatic heterocycles. The van der Waals surface area contributed by atoms with Gasteiger partial charge in [-0.2, -0.15) is 0 Å². The first kappa shape index (κ1) is 24.7. The summed E-state index contributed by atoms with van der Waals surface area (Å²) in [6.07, 6.45) is 12.5. The minimum atomic E-state index is -0.226. The average molecular weight is 503 g/mol. The van der Waals surface area contributed by atoms with E-state index in [1.807, 2.05) is 0 Å². The van der Waals surface area contributed by atoms with Gasteiger partial charge in [-0.05, 0) is 106 Å². The number of aromatic nitrogens is 1. The summed E-state index contributed by atoms with van der Waals surface area (Å²) in [4.78, 5) is 29.4. The Bertz CT molecular complexity index is 1170. The molecule has 1 aromatic heterocycles. The molecule has 4 aliphatic rings. The standard InChI is InChI=1S/C31H42N4O2/c1-22-21-23-9-2-3-10-26(23)35(22)20-8-16-33-30(37)28-25-12-11-24(31(25)13-14-31)27(28)29(36)32-15-4-5-17-34-18-6-7-19-34/h2-3,9-12,21,24-25,27-28H,4-8,13-20H2,1H3,(H,32,36)(H,33,37)/t24-,25-,27-,28-/m1/s1. The van der Waals surface area contributed by atoms with Crippen LogP contribution in [-0.2, 0) is 16.1 Å². The van der Waals surface area contributed by atoms with Gasteiger partial charge >= 0.3 is 0 Å². The summed E-state index contributed by atoms with van der Waals surface area (Å²) < 4.78 is 2.33. The molecule has 3 aliphatic carbocycles. The summed E-state index contributed by atoms with van der Waals surface area (Å²) >= 11 is 0. The number of nitrogens with one attached hydrogen (secondary N) is 2. The van der Waals surface area contributed by atoms with Crippen molar-refractivity contribution in [3.05, 3.63) is 48.2 Å². The van der Waals surface area contributed by atoms with E-state index in [-0.39, 0.29) is 40.9 Å². The fraction of sp³-hybridized carbons (Fsp3) is 0.613. The number of allylic oxidation sites excluding steroid dienone is 2. The van der Waals surface area contributed by atoms with Crippen LogP contribution >= 0.6 is 0 Å². The Morgan fingerprint density at radius 2 is 1.54 bits per heavy atom. The third-order valence-electron chi connectivity index (χ3n) is 9.72. The smallest absolute Gasteiger partial charge is 0.224 e. The van der Waals surface area contributed by atoms with Gasteiger partial charge in [0.1, 0.15) is 0 Å². The highest BCUT2D eigenvalue weighted by molar-refractivity contribution is 5.90. The molecule has 6 nitrogen and oxygen atoms in total. The fourth-order valence-corrected chi connectivity index (χ4v) is 7.72. The third-order valence-corrected chi connectivity index (χ3v) is 9.72. The van der Waals surface area contributed by atoms with Crippen LogP contribution in [0.15, 0.2) is 42.5 Å². The van der Waals surface area contributed by atoms with Crippen LogP contribution in [-0.4, -0.2) is 54.0 Å². The van der Waals surface area contributed by atoms with Gasteiger partial charge in [0.2, 0.25) is 11.8 Å². The van der Waals surface area contributed by atoms with Gasteiger partial charge in [0.25, 0.3) is 0 Å². The van der Waals surface area contributed by atoms with Gasteiger partial charge in [0.15, 0.2) is 0 Å². The summed E-state index contributed by atoms with van der Waals surface area (Å²) in [5, 5.41) is 7.71. The van der Waals surface area contributed by atoms with Crippen LogP contribution in [0.2, 0.25) is 0 Å². The molecule has 2 N–H and O–H groups in total. The zero-order valence-electron chi connectivity index (χ0n) is 22.3. The van der Waals surface area contributed by atoms with Gasteiger partial charge in [-0.25, -0.2) is 0 Å². The van der Waals surface area contributed by atoms with E-state index in [9.17, 15) is 9.59 Å². The number of fused-ring (bicyclic) bond motifs is 1. The lowest BCUT2D eigenvalue weighted by Crippen LogP contribution is -2.44. The van der Waals surface area contributed by atoms with Crippen LogP contribution in [0.3, 0.4) is 0 Å². The number of carbonyl (C=O) groups is 2. The summed E-state index contributed by atoms with van der Waals surface area (Å²) in [6.45, 7) is 7.97. The van der Waals surface area contributed by atoms with Gasteiger partial charge in [0, 0.05) is 30.8 Å². The van der Waals surface area contributed by atoms with Gasteiger partial charge < -0.3 is 20.1 Å². The highest BCUT2D eigenvalue weighted by atomic mass is 16.2. The van der Waals surface area contributed by atoms with Crippen molar-refractivity contribution in [2.75, 3.05) is 32.7 Å². The van der Waals surface area contributed by atoms with E-state index >= 15 is 0 Å². The molecule has 4 atom stereocenters. The second-order valence-corrected chi connectivity index (χ2v) is 11.9. The summed E-state index contributed by atoms with van der Waals surface area (Å²) in [7, 11) is 0. The number of benzene rings is 1. The average Bonchev–Trinajstić information content (AvgIpc) is 3.15. The van der Waals surface area contributed by atoms with Crippen LogP contribution in [0.1, 0.15) is 50.6 Å². The fourth-order valence-electron chi connectivity index (χ4n) is 7.72. The summed E-state index contributed by atoms with van der Waals surface area (Å²) in [5.74, 6) is 0.180. The Morgan fingerprint density at radius 3 is 2.22 bits per heavy atom. The van der Waals surface area contributed by atoms with Crippen molar-refractivity contribution in [2.45, 2.75) is 58.4 Å². The van der Waals surface area contributed by atoms with Crippen molar-refractivity contribution < 1.29 is 9.59 Å². The maximum Gasteiger partial charge on any atom is 0.224 e. The lowest BCUT2D eigenvalue weighted by molar-refractivity contribution is -0.135. The van der Waals surface area contributed by atoms with Crippen molar-refractivity contribution in [3.63, 3.8) is 0 Å². The Kier molecular flexibility index (Phi) is 6.87. The molecule has 2 amide bonds. The Hall–Kier alpha value is -2.60. The first-order valence-corrected chi connectivity index (χ1v) is 14.6. The first-order chi connectivity index (χ1) is 18.1. The van der Waals surface area contributed by atoms with Crippen molar-refractivity contribution in [1.29, 1.82) is 0 Å². The number of likely N-dealkylation sites (tertiary alicyclic amines) is 1. The number of amides is 2. The van der Waals surface area contributed by atoms with Crippen molar-refractivity contribution in [2.24, 2.45) is 29.1 Å². The lowest BCUT2D eigenvalue weighted by Gasteiger charge is -2.26. The van der Waals surface area contributed by atoms with E-state index in [0.29, 0.717) is 6.54 Å². The SMILES string of the molecule is Cc1cc2ccccc2n1CCCNC(=O)[C@H]1[C@H](C(=O)NCCCCN2CCCC2)[C@H]2C=C[C@H]1C21CC1. The molecular weight excluding hydrogens is 460 g/mol. The molecule has 1 saturated heterocycles. The Morgan fingerprint density at radius 1 is 0.892 bits per heavy atom. The predicted octanol–water partition coefficient (Wildman–Crippen LogP) is 4.28. The highest BCUT2D eigenvalue weighted by Crippen LogP contribution is 2.72. The number of unbranched alkanes of at least 4 members (excludes halogenated alkanes) is 1. The molecule has 2 bridgehead atoms. The first-order valence-electron chi connectivity index (χ1n) is 14.6. The molecule has 0 unspecified atom stereocenters. The zero-order chi connectivity index (χ0) is 25.4. The third kappa shape index (κ3) is 4.62. The number of rotatable bonds is 11. The lowest BCUT2D eigenvalue weighted by atomic mass is 9.81. The van der Waals surface area contributed by atoms with Crippen LogP contribution in [0.25, 0.3) is 10.9 Å². The monoisotopic (exact) mass is 502 g/mol. The largest absolute Gasteiger partial charge is 0.356 e. The number of nitrogens with zero attached hydrogens (tertiary/aromatic N) is 2. The molecule has 1 spiro atoms. The number of carbonyl (C=O) groups excluding carboxylic acids is 2. The summed E-state index contributed by atoms with van der Waals surface area (Å²) in [5.41, 5.74) is 2.68. The minimum Gasteiger partial charge on any atom is -0.356 e. The van der Waals surface area contributed by atoms with Crippen LogP contribution in [0, 0.1) is 36.0 Å². The highest BCUT2D eigenvalue weighted by Gasteiger charge is 2.69. The topological polar surface area (TPSA) is 66.4 Å². The Labute approximate surface area is 220 Å². The second kappa shape index (κ2) is 10.3. The van der Waals surface area contributed by atoms with Crippen LogP contribution < -0.4 is 10.6 Å². The summed E-state index contributed by atoms with van der Waals surface area (Å²) in [6, 6.07) is 10.7. The molecular formula is C31H42N4O2. The van der Waals surface area contributed by atoms with Crippen molar-refractivity contribution >= 4 is 22.7 Å². The molecule has 37 heavy (non-hydrogen) atoms. The predicted molar refractivity (Wildman–Crippen MR) is 147 cm³/mol. The molecule has 1 aromatic carbocycles. The molecule has 6 heteroatoms. The van der Waals surface area contributed by atoms with E-state index < -0.39 is 0 Å². The molecule has 198 valence electrons. The van der Waals surface area contributed by atoms with E-state index in [4.69, 9.17) is 0 Å². The molecule has 6 rings (SSSR count). The van der Waals surface area contributed by atoms with Gasteiger partial charge in [0.05, 0.1) is 11.8 Å². The van der Waals surface area contributed by atoms with Crippen LogP contribution in [0.4, 0.5) is 0 Å². The molecule has 2 aromatic rings. The second-order valence-electron chi connectivity index (χ2n) is 11.9. The van der Waals surface area contributed by atoms with E-state index in [0.717, 1.165) is 51.7 Å². The quantitative estimate of drug-likeness (QED) is 0.356. The molecule has 0 radical (unpaired) electrons. The zero-order valence-corrected chi connectivity index (χ0v) is 22.3. The van der Waals surface area contributed by atoms with Crippen molar-refractivity contribution in [1.82, 2.24) is 20.1 Å². The van der Waals surface area contributed by atoms with Gasteiger partial charge in [-0.1, -0.05) is 30.4 Å². The normalized spacial score (nSPS) is 27.4. The van der Waals surface area contributed by atoms with E-state index in [1.165, 1.54) is 42.5 Å². The molecule has 2 heterocycles. The number of para-hydroxylation sites is 1. The number of hydrogen-bond donors (Lipinski definition) is 2. The van der Waals surface area contributed by atoms with Crippen molar-refractivity contribution in [3.8, 4) is 0 Å². The molecule has 3 fully saturated rings. The number of aryl methyl sites for hydroxylation is 2. The maximum absolute atomic E-state index is 13.5. The Balaban J connectivity index is 1.02. The van der Waals surface area contributed by atoms with Gasteiger partial charge in [-0.3, -0.25) is 9.59 Å². The van der Waals surface area contributed by atoms with Crippen LogP contribution in [0.5, 0.6) is 0 Å². The minimum absolute atomic E-state index is 0.0754. The number of hydrogen-bond acceptors (Lipinski definition) is 3. The van der Waals surface area contributed by atoms with E-state index in [2.05, 4.69) is 69.5 Å². The van der Waals surface area contributed by atoms with E-state index in [1.54, 1.807) is 0 Å².